The monoisotopic (exact) mass is 128 g/mol. The lowest BCUT2D eigenvalue weighted by Crippen LogP contribution is -1.98. The molecule has 0 saturated carbocycles. The van der Waals surface area contributed by atoms with E-state index in [1.165, 1.54) is 6.33 Å². The van der Waals surface area contributed by atoms with Crippen LogP contribution < -0.4 is 0 Å². The summed E-state index contributed by atoms with van der Waals surface area (Å²) in [6.45, 7) is 0.787. The van der Waals surface area contributed by atoms with Gasteiger partial charge in [-0.2, -0.15) is 5.10 Å². The van der Waals surface area contributed by atoms with Gasteiger partial charge in [0.1, 0.15) is 12.7 Å². The summed E-state index contributed by atoms with van der Waals surface area (Å²) in [6, 6.07) is 0. The van der Waals surface area contributed by atoms with E-state index in [1.54, 1.807) is 11.0 Å². The SMILES string of the molecule is [S]CCn1cncn1. The van der Waals surface area contributed by atoms with Crippen molar-refractivity contribution in [3.8, 4) is 0 Å². The molecule has 0 aliphatic rings. The third-order valence-electron chi connectivity index (χ3n) is 0.787. The molecular weight excluding hydrogens is 122 g/mol. The predicted octanol–water partition coefficient (Wildman–Crippen LogP) is 0.476. The number of hydrogen-bond acceptors (Lipinski definition) is 2. The van der Waals surface area contributed by atoms with E-state index in [9.17, 15) is 0 Å². The maximum absolute atomic E-state index is 4.71. The second kappa shape index (κ2) is 2.71. The fourth-order valence-electron chi connectivity index (χ4n) is 0.442. The Balaban J connectivity index is 2.50. The Morgan fingerprint density at radius 1 is 1.62 bits per heavy atom. The maximum atomic E-state index is 4.71. The first-order chi connectivity index (χ1) is 3.93. The molecule has 0 aromatic carbocycles. The van der Waals surface area contributed by atoms with Crippen molar-refractivity contribution in [2.24, 2.45) is 0 Å². The molecule has 0 bridgehead atoms. The van der Waals surface area contributed by atoms with Crippen LogP contribution in [-0.4, -0.2) is 20.5 Å². The van der Waals surface area contributed by atoms with Crippen LogP contribution in [0, 0.1) is 0 Å². The summed E-state index contributed by atoms with van der Waals surface area (Å²) < 4.78 is 1.72. The van der Waals surface area contributed by atoms with Gasteiger partial charge in [0, 0.05) is 5.75 Å². The van der Waals surface area contributed by atoms with Crippen LogP contribution in [0.4, 0.5) is 0 Å². The van der Waals surface area contributed by atoms with Gasteiger partial charge in [-0.3, -0.25) is 4.68 Å². The van der Waals surface area contributed by atoms with Crippen molar-refractivity contribution < 1.29 is 0 Å². The van der Waals surface area contributed by atoms with Crippen LogP contribution in [0.2, 0.25) is 0 Å². The van der Waals surface area contributed by atoms with Crippen molar-refractivity contribution >= 4 is 12.6 Å². The average molecular weight is 128 g/mol. The van der Waals surface area contributed by atoms with E-state index in [2.05, 4.69) is 10.1 Å². The molecule has 1 heterocycles. The Kier molecular flexibility index (Phi) is 1.91. The van der Waals surface area contributed by atoms with Gasteiger partial charge in [0.05, 0.1) is 6.54 Å². The first-order valence-electron chi connectivity index (χ1n) is 2.34. The van der Waals surface area contributed by atoms with Gasteiger partial charge >= 0.3 is 0 Å². The van der Waals surface area contributed by atoms with Crippen molar-refractivity contribution in [3.05, 3.63) is 12.7 Å². The third kappa shape index (κ3) is 1.23. The lowest BCUT2D eigenvalue weighted by atomic mass is 10.8. The highest BCUT2D eigenvalue weighted by Crippen LogP contribution is 1.80. The Morgan fingerprint density at radius 2 is 2.50 bits per heavy atom. The fraction of sp³-hybridized carbons (Fsp3) is 0.500. The fourth-order valence-corrected chi connectivity index (χ4v) is 0.629. The highest BCUT2D eigenvalue weighted by molar-refractivity contribution is 7.80. The van der Waals surface area contributed by atoms with Gasteiger partial charge in [-0.05, 0) is 0 Å². The highest BCUT2D eigenvalue weighted by Gasteiger charge is 1.84. The molecular formula is C4H6N3S. The van der Waals surface area contributed by atoms with Crippen molar-refractivity contribution in [1.29, 1.82) is 0 Å². The van der Waals surface area contributed by atoms with Gasteiger partial charge in [0.2, 0.25) is 0 Å². The number of rotatable bonds is 2. The topological polar surface area (TPSA) is 30.7 Å². The maximum Gasteiger partial charge on any atom is 0.137 e. The van der Waals surface area contributed by atoms with E-state index in [-0.39, 0.29) is 0 Å². The molecule has 0 N–H and O–H groups in total. The summed E-state index contributed by atoms with van der Waals surface area (Å²) in [6.07, 6.45) is 3.16. The van der Waals surface area contributed by atoms with Gasteiger partial charge in [0.15, 0.2) is 0 Å². The second-order valence-corrected chi connectivity index (χ2v) is 1.77. The summed E-state index contributed by atoms with van der Waals surface area (Å²) >= 11 is 4.71. The summed E-state index contributed by atoms with van der Waals surface area (Å²) in [5.41, 5.74) is 0. The zero-order chi connectivity index (χ0) is 5.82. The molecule has 1 aromatic heterocycles. The number of hydrogen-bond donors (Lipinski definition) is 0. The van der Waals surface area contributed by atoms with Gasteiger partial charge in [-0.25, -0.2) is 4.98 Å². The molecule has 1 aromatic rings. The lowest BCUT2D eigenvalue weighted by molar-refractivity contribution is 0.665. The molecule has 3 nitrogen and oxygen atoms in total. The molecule has 0 unspecified atom stereocenters. The van der Waals surface area contributed by atoms with E-state index in [4.69, 9.17) is 12.6 Å². The molecule has 0 aliphatic carbocycles. The summed E-state index contributed by atoms with van der Waals surface area (Å²) in [4.78, 5) is 3.75. The van der Waals surface area contributed by atoms with E-state index in [0.29, 0.717) is 5.75 Å². The van der Waals surface area contributed by atoms with Gasteiger partial charge in [-0.1, -0.05) is 12.6 Å². The van der Waals surface area contributed by atoms with Gasteiger partial charge in [0.25, 0.3) is 0 Å². The van der Waals surface area contributed by atoms with Crippen LogP contribution in [0.5, 0.6) is 0 Å². The Morgan fingerprint density at radius 3 is 3.00 bits per heavy atom. The summed E-state index contributed by atoms with van der Waals surface area (Å²) in [5.74, 6) is 0.698. The first-order valence-corrected chi connectivity index (χ1v) is 2.92. The van der Waals surface area contributed by atoms with Crippen LogP contribution in [-0.2, 0) is 6.54 Å². The molecule has 0 aliphatic heterocycles. The largest absolute Gasteiger partial charge is 0.252 e. The minimum atomic E-state index is 0.698. The van der Waals surface area contributed by atoms with Crippen molar-refractivity contribution in [1.82, 2.24) is 14.8 Å². The molecule has 8 heavy (non-hydrogen) atoms. The van der Waals surface area contributed by atoms with Crippen LogP contribution in [0.3, 0.4) is 0 Å². The number of nitrogens with zero attached hydrogens (tertiary/aromatic N) is 3. The predicted molar refractivity (Wildman–Crippen MR) is 32.5 cm³/mol. The van der Waals surface area contributed by atoms with Crippen LogP contribution >= 0.6 is 12.6 Å². The van der Waals surface area contributed by atoms with Crippen molar-refractivity contribution in [2.45, 2.75) is 6.54 Å². The van der Waals surface area contributed by atoms with E-state index in [0.717, 1.165) is 6.54 Å². The quantitative estimate of drug-likeness (QED) is 0.580. The molecule has 0 spiro atoms. The third-order valence-corrected chi connectivity index (χ3v) is 0.970. The normalized spacial score (nSPS) is 9.62. The van der Waals surface area contributed by atoms with Crippen LogP contribution in [0.15, 0.2) is 12.7 Å². The minimum Gasteiger partial charge on any atom is -0.252 e. The molecule has 0 atom stereocenters. The van der Waals surface area contributed by atoms with Crippen molar-refractivity contribution in [3.63, 3.8) is 0 Å². The average Bonchev–Trinajstić information content (AvgIpc) is 2.19. The molecule has 1 rings (SSSR count). The standard InChI is InChI=1S/C4H6N3S/c8-2-1-7-4-5-3-6-7/h3-4H,1-2H2. The number of aryl methyl sites for hydroxylation is 1. The zero-order valence-electron chi connectivity index (χ0n) is 4.32. The zero-order valence-corrected chi connectivity index (χ0v) is 5.14. The lowest BCUT2D eigenvalue weighted by Gasteiger charge is -1.90. The second-order valence-electron chi connectivity index (χ2n) is 1.36. The summed E-state index contributed by atoms with van der Waals surface area (Å²) in [7, 11) is 0. The van der Waals surface area contributed by atoms with E-state index >= 15 is 0 Å². The Labute approximate surface area is 53.1 Å². The van der Waals surface area contributed by atoms with Crippen LogP contribution in [0.25, 0.3) is 0 Å². The van der Waals surface area contributed by atoms with E-state index < -0.39 is 0 Å². The van der Waals surface area contributed by atoms with Crippen LogP contribution in [0.1, 0.15) is 0 Å². The molecule has 0 amide bonds. The molecule has 1 radical (unpaired) electrons. The highest BCUT2D eigenvalue weighted by atomic mass is 32.1. The first kappa shape index (κ1) is 5.62. The van der Waals surface area contributed by atoms with Gasteiger partial charge in [-0.15, -0.1) is 0 Å². The summed E-state index contributed by atoms with van der Waals surface area (Å²) in [5, 5.41) is 3.84. The Bertz CT molecular complexity index is 137. The molecule has 4 heteroatoms. The molecule has 43 valence electrons. The number of aromatic nitrogens is 3. The van der Waals surface area contributed by atoms with E-state index in [1.807, 2.05) is 0 Å². The van der Waals surface area contributed by atoms with Gasteiger partial charge < -0.3 is 0 Å². The molecule has 0 saturated heterocycles. The smallest absolute Gasteiger partial charge is 0.137 e. The molecule has 0 fully saturated rings. The minimum absolute atomic E-state index is 0.698. The Hall–Kier alpha value is -0.510. The van der Waals surface area contributed by atoms with Crippen molar-refractivity contribution in [2.75, 3.05) is 5.75 Å².